The van der Waals surface area contributed by atoms with Crippen LogP contribution in [0.5, 0.6) is 5.75 Å². The predicted molar refractivity (Wildman–Crippen MR) is 107 cm³/mol. The van der Waals surface area contributed by atoms with Crippen molar-refractivity contribution in [1.82, 2.24) is 0 Å². The smallest absolute Gasteiger partial charge is 0.323 e. The summed E-state index contributed by atoms with van der Waals surface area (Å²) in [5.41, 5.74) is 8.93. The summed E-state index contributed by atoms with van der Waals surface area (Å²) in [7, 11) is 1.58. The number of amides is 2. The third-order valence-electron chi connectivity index (χ3n) is 4.33. The van der Waals surface area contributed by atoms with E-state index in [0.717, 1.165) is 10.9 Å². The summed E-state index contributed by atoms with van der Waals surface area (Å²) < 4.78 is 10.4. The molecule has 1 aromatic heterocycles. The zero-order valence-electron chi connectivity index (χ0n) is 15.2. The number of nitrogens with two attached hydrogens (primary N) is 1. The molecule has 0 saturated heterocycles. The van der Waals surface area contributed by atoms with Crippen LogP contribution < -0.4 is 36.8 Å². The predicted octanol–water partition coefficient (Wildman–Crippen LogP) is 2.05. The molecule has 8 heteroatoms. The molecule has 4 N–H and O–H groups in total. The van der Waals surface area contributed by atoms with E-state index in [4.69, 9.17) is 14.9 Å². The maximum atomic E-state index is 12.2. The molecule has 0 aliphatic carbocycles. The van der Waals surface area contributed by atoms with Crippen LogP contribution >= 0.6 is 0 Å². The van der Waals surface area contributed by atoms with Gasteiger partial charge in [0.2, 0.25) is 5.55 Å². The molecule has 8 nitrogen and oxygen atoms in total. The second kappa shape index (κ2) is 7.36. The van der Waals surface area contributed by atoms with Gasteiger partial charge in [0.15, 0.2) is 0 Å². The summed E-state index contributed by atoms with van der Waals surface area (Å²) in [4.78, 5) is 18.4. The van der Waals surface area contributed by atoms with Crippen LogP contribution in [0.4, 0.5) is 21.9 Å². The molecule has 142 valence electrons. The van der Waals surface area contributed by atoms with Gasteiger partial charge in [0.25, 0.3) is 0 Å². The lowest BCUT2D eigenvalue weighted by molar-refractivity contribution is 0.262. The highest BCUT2D eigenvalue weighted by atomic mass is 16.5. The Morgan fingerprint density at radius 3 is 2.71 bits per heavy atom. The molecule has 0 saturated carbocycles. The molecule has 0 atom stereocenters. The first-order valence-electron chi connectivity index (χ1n) is 8.61. The Morgan fingerprint density at radius 1 is 1.14 bits per heavy atom. The minimum atomic E-state index is -0.344. The van der Waals surface area contributed by atoms with Crippen molar-refractivity contribution < 1.29 is 13.9 Å². The molecular formula is C20H19N5O3. The van der Waals surface area contributed by atoms with Crippen LogP contribution in [0.2, 0.25) is 0 Å². The van der Waals surface area contributed by atoms with Gasteiger partial charge in [-0.2, -0.15) is 0 Å². The molecule has 0 unspecified atom stereocenters. The van der Waals surface area contributed by atoms with Crippen LogP contribution in [-0.4, -0.2) is 19.8 Å². The van der Waals surface area contributed by atoms with Crippen molar-refractivity contribution in [3.63, 3.8) is 0 Å². The highest BCUT2D eigenvalue weighted by molar-refractivity contribution is 6.00. The largest absolute Gasteiger partial charge is 0.497 e. The van der Waals surface area contributed by atoms with Gasteiger partial charge in [-0.15, -0.1) is 0 Å². The van der Waals surface area contributed by atoms with Crippen molar-refractivity contribution >= 4 is 28.9 Å². The lowest BCUT2D eigenvalue weighted by Gasteiger charge is -2.24. The molecule has 2 heterocycles. The standard InChI is InChI=1S/C20H19N5O3/c1-27-16-4-2-3-14(11-16)24-20(26)23-13-5-7-15(8-6-13)25-12-22-19-17(18(25)21)9-10-28-19/h2-11H,12,21H2,1H3,(H2,23,24,26). The van der Waals surface area contributed by atoms with Gasteiger partial charge in [-0.3, -0.25) is 0 Å². The van der Waals surface area contributed by atoms with Gasteiger partial charge in [-0.25, -0.2) is 9.79 Å². The first-order chi connectivity index (χ1) is 13.6. The summed E-state index contributed by atoms with van der Waals surface area (Å²) >= 11 is 0. The number of methoxy groups -OCH3 is 1. The average Bonchev–Trinajstić information content (AvgIpc) is 3.19. The van der Waals surface area contributed by atoms with E-state index >= 15 is 0 Å². The fourth-order valence-electron chi connectivity index (χ4n) is 2.91. The number of urea groups is 1. The number of carbonyl (C=O) groups excluding carboxylic acids is 1. The number of benzene rings is 2. The van der Waals surface area contributed by atoms with E-state index in [1.807, 2.05) is 23.1 Å². The van der Waals surface area contributed by atoms with Gasteiger partial charge in [0.05, 0.1) is 18.6 Å². The minimum absolute atomic E-state index is 0.344. The molecule has 0 radical (unpaired) electrons. The van der Waals surface area contributed by atoms with Crippen molar-refractivity contribution in [2.45, 2.75) is 0 Å². The van der Waals surface area contributed by atoms with E-state index in [9.17, 15) is 4.79 Å². The summed E-state index contributed by atoms with van der Waals surface area (Å²) in [6.45, 7) is 0.370. The molecule has 0 spiro atoms. The van der Waals surface area contributed by atoms with E-state index in [1.165, 1.54) is 0 Å². The van der Waals surface area contributed by atoms with Crippen LogP contribution in [0.1, 0.15) is 0 Å². The van der Waals surface area contributed by atoms with E-state index < -0.39 is 0 Å². The molecule has 0 bridgehead atoms. The highest BCUT2D eigenvalue weighted by Crippen LogP contribution is 2.21. The van der Waals surface area contributed by atoms with Gasteiger partial charge in [-0.1, -0.05) is 6.07 Å². The molecule has 4 rings (SSSR count). The molecular weight excluding hydrogens is 358 g/mol. The van der Waals surface area contributed by atoms with Crippen molar-refractivity contribution in [2.24, 2.45) is 10.7 Å². The fraction of sp³-hybridized carbons (Fsp3) is 0.100. The number of ether oxygens (including phenoxy) is 1. The lowest BCUT2D eigenvalue weighted by atomic mass is 10.2. The zero-order valence-corrected chi connectivity index (χ0v) is 15.2. The number of anilines is 3. The third kappa shape index (κ3) is 3.48. The normalized spacial score (nSPS) is 12.8. The van der Waals surface area contributed by atoms with Gasteiger partial charge in [-0.05, 0) is 42.5 Å². The minimum Gasteiger partial charge on any atom is -0.497 e. The Balaban J connectivity index is 1.44. The van der Waals surface area contributed by atoms with E-state index in [1.54, 1.807) is 49.8 Å². The summed E-state index contributed by atoms with van der Waals surface area (Å²) in [6, 6.07) is 15.9. The first-order valence-corrected chi connectivity index (χ1v) is 8.61. The summed E-state index contributed by atoms with van der Waals surface area (Å²) in [6.07, 6.45) is 1.57. The van der Waals surface area contributed by atoms with Gasteiger partial charge in [0.1, 0.15) is 18.2 Å². The number of hydrogen-bond acceptors (Lipinski definition) is 6. The van der Waals surface area contributed by atoms with Crippen LogP contribution in [-0.2, 0) is 0 Å². The quantitative estimate of drug-likeness (QED) is 0.645. The van der Waals surface area contributed by atoms with E-state index in [-0.39, 0.29) is 6.03 Å². The van der Waals surface area contributed by atoms with Gasteiger partial charge < -0.3 is 30.4 Å². The van der Waals surface area contributed by atoms with Gasteiger partial charge >= 0.3 is 6.03 Å². The SMILES string of the molecule is COc1cccc(NC(=O)Nc2ccc(N3CN=c4occc4=C3N)cc2)c1. The third-order valence-corrected chi connectivity index (χ3v) is 4.33. The molecule has 2 amide bonds. The molecule has 1 aliphatic rings. The van der Waals surface area contributed by atoms with Crippen LogP contribution in [0.25, 0.3) is 5.82 Å². The number of rotatable bonds is 4. The first kappa shape index (κ1) is 17.5. The second-order valence-electron chi connectivity index (χ2n) is 6.11. The van der Waals surface area contributed by atoms with Crippen molar-refractivity contribution in [2.75, 3.05) is 29.3 Å². The maximum absolute atomic E-state index is 12.2. The van der Waals surface area contributed by atoms with Crippen molar-refractivity contribution in [3.05, 3.63) is 71.6 Å². The maximum Gasteiger partial charge on any atom is 0.323 e. The Bertz CT molecular complexity index is 1120. The molecule has 0 fully saturated rings. The fourth-order valence-corrected chi connectivity index (χ4v) is 2.91. The molecule has 1 aliphatic heterocycles. The Labute approximate surface area is 160 Å². The zero-order chi connectivity index (χ0) is 19.5. The number of furan rings is 1. The molecule has 28 heavy (non-hydrogen) atoms. The number of hydrogen-bond donors (Lipinski definition) is 3. The van der Waals surface area contributed by atoms with E-state index in [2.05, 4.69) is 15.6 Å². The number of nitrogens with one attached hydrogen (secondary N) is 2. The molecule has 2 aromatic carbocycles. The number of fused-ring (bicyclic) bond motifs is 1. The second-order valence-corrected chi connectivity index (χ2v) is 6.11. The van der Waals surface area contributed by atoms with Gasteiger partial charge in [0, 0.05) is 23.1 Å². The molecule has 3 aromatic rings. The lowest BCUT2D eigenvalue weighted by Crippen LogP contribution is -2.42. The summed E-state index contributed by atoms with van der Waals surface area (Å²) in [5, 5.41) is 6.33. The van der Waals surface area contributed by atoms with Crippen LogP contribution in [0.15, 0.2) is 70.3 Å². The Kier molecular flexibility index (Phi) is 4.59. The topological polar surface area (TPSA) is 105 Å². The highest BCUT2D eigenvalue weighted by Gasteiger charge is 2.15. The Hall–Kier alpha value is -3.94. The average molecular weight is 377 g/mol. The number of carbonyl (C=O) groups is 1. The monoisotopic (exact) mass is 377 g/mol. The summed E-state index contributed by atoms with van der Waals surface area (Å²) in [5.74, 6) is 1.25. The number of nitrogens with zero attached hydrogens (tertiary/aromatic N) is 2. The van der Waals surface area contributed by atoms with Crippen LogP contribution in [0, 0.1) is 0 Å². The van der Waals surface area contributed by atoms with Crippen molar-refractivity contribution in [1.29, 1.82) is 0 Å². The van der Waals surface area contributed by atoms with Crippen molar-refractivity contribution in [3.8, 4) is 5.75 Å². The van der Waals surface area contributed by atoms with E-state index in [0.29, 0.717) is 35.2 Å². The Morgan fingerprint density at radius 2 is 1.93 bits per heavy atom. The van der Waals surface area contributed by atoms with Crippen LogP contribution in [0.3, 0.4) is 0 Å².